The zero-order valence-corrected chi connectivity index (χ0v) is 19.6. The van der Waals surface area contributed by atoms with Crippen molar-refractivity contribution in [3.05, 3.63) is 96.1 Å². The zero-order chi connectivity index (χ0) is 23.2. The number of unbranched alkanes of at least 4 members (excludes halogenated alkanes) is 1. The minimum Gasteiger partial charge on any atom is -0.312 e. The number of ketones is 1. The average Bonchev–Trinajstić information content (AvgIpc) is 2.86. The Balaban J connectivity index is 0.00000176. The minimum absolute atomic E-state index is 0.222. The van der Waals surface area contributed by atoms with Crippen LogP contribution in [0.5, 0.6) is 0 Å². The smallest absolute Gasteiger partial charge is 0.312 e. The van der Waals surface area contributed by atoms with E-state index in [2.05, 4.69) is 5.16 Å². The lowest BCUT2D eigenvalue weighted by molar-refractivity contribution is 0.0514. The Morgan fingerprint density at radius 3 is 1.94 bits per heavy atom. The number of hydrogen-bond donors (Lipinski definition) is 0. The van der Waals surface area contributed by atoms with Crippen LogP contribution in [0.4, 0.5) is 0 Å². The number of hydrogen-bond acceptors (Lipinski definition) is 5. The highest BCUT2D eigenvalue weighted by Crippen LogP contribution is 2.27. The molecule has 5 heteroatoms. The maximum atomic E-state index is 12.9. The van der Waals surface area contributed by atoms with Crippen molar-refractivity contribution in [3.8, 4) is 0 Å². The summed E-state index contributed by atoms with van der Waals surface area (Å²) in [5.41, 5.74) is 1.17. The normalized spacial score (nSPS) is 10.7. The Morgan fingerprint density at radius 2 is 1.34 bits per heavy atom. The van der Waals surface area contributed by atoms with E-state index in [4.69, 9.17) is 4.84 Å². The molecule has 0 aliphatic rings. The molecule has 3 aromatic carbocycles. The molecule has 0 fully saturated rings. The van der Waals surface area contributed by atoms with Crippen LogP contribution in [0.3, 0.4) is 0 Å². The van der Waals surface area contributed by atoms with Crippen LogP contribution in [0.25, 0.3) is 0 Å². The van der Waals surface area contributed by atoms with E-state index < -0.39 is 5.97 Å². The maximum Gasteiger partial charge on any atom is 0.365 e. The predicted molar refractivity (Wildman–Crippen MR) is 132 cm³/mol. The summed E-state index contributed by atoms with van der Waals surface area (Å²) in [4.78, 5) is 32.3. The molecule has 0 atom stereocenters. The van der Waals surface area contributed by atoms with Gasteiger partial charge in [-0.3, -0.25) is 4.79 Å². The monoisotopic (exact) mass is 447 g/mol. The van der Waals surface area contributed by atoms with E-state index in [0.717, 1.165) is 22.6 Å². The van der Waals surface area contributed by atoms with Crippen LogP contribution in [0.2, 0.25) is 0 Å². The molecule has 32 heavy (non-hydrogen) atoms. The van der Waals surface area contributed by atoms with Gasteiger partial charge in [0.2, 0.25) is 5.78 Å². The SMILES string of the molecule is CC.CCCC/C(=N/OC(=O)c1ccccc1)C(=O)c1ccc(Sc2ccccc2)cc1. The maximum absolute atomic E-state index is 12.9. The van der Waals surface area contributed by atoms with E-state index >= 15 is 0 Å². The molecule has 0 radical (unpaired) electrons. The van der Waals surface area contributed by atoms with Crippen molar-refractivity contribution in [2.75, 3.05) is 0 Å². The molecule has 166 valence electrons. The lowest BCUT2D eigenvalue weighted by Gasteiger charge is -2.07. The minimum atomic E-state index is -0.577. The fourth-order valence-electron chi connectivity index (χ4n) is 2.73. The molecule has 0 bridgehead atoms. The van der Waals surface area contributed by atoms with Crippen molar-refractivity contribution in [2.45, 2.75) is 49.8 Å². The van der Waals surface area contributed by atoms with Gasteiger partial charge in [-0.2, -0.15) is 0 Å². The van der Waals surface area contributed by atoms with Gasteiger partial charge in [-0.05, 0) is 61.4 Å². The molecule has 0 saturated carbocycles. The summed E-state index contributed by atoms with van der Waals surface area (Å²) in [5.74, 6) is -0.799. The van der Waals surface area contributed by atoms with E-state index in [9.17, 15) is 9.59 Å². The van der Waals surface area contributed by atoms with Gasteiger partial charge in [0.05, 0.1) is 5.56 Å². The average molecular weight is 448 g/mol. The van der Waals surface area contributed by atoms with Crippen LogP contribution >= 0.6 is 11.8 Å². The van der Waals surface area contributed by atoms with E-state index in [1.165, 1.54) is 0 Å². The third-order valence-corrected chi connectivity index (χ3v) is 5.39. The molecule has 0 aromatic heterocycles. The van der Waals surface area contributed by atoms with Gasteiger partial charge < -0.3 is 4.84 Å². The van der Waals surface area contributed by atoms with Crippen molar-refractivity contribution in [1.82, 2.24) is 0 Å². The molecular formula is C27H29NO3S. The Bertz CT molecular complexity index is 1000. The Kier molecular flexibility index (Phi) is 11.0. The fourth-order valence-corrected chi connectivity index (χ4v) is 3.57. The van der Waals surface area contributed by atoms with Gasteiger partial charge in [0.25, 0.3) is 0 Å². The summed E-state index contributed by atoms with van der Waals surface area (Å²) in [7, 11) is 0. The van der Waals surface area contributed by atoms with E-state index in [0.29, 0.717) is 17.5 Å². The highest BCUT2D eigenvalue weighted by molar-refractivity contribution is 7.99. The highest BCUT2D eigenvalue weighted by atomic mass is 32.2. The van der Waals surface area contributed by atoms with Crippen LogP contribution in [0, 0.1) is 0 Å². The second-order valence-corrected chi connectivity index (χ2v) is 7.80. The first kappa shape index (κ1) is 25.1. The highest BCUT2D eigenvalue weighted by Gasteiger charge is 2.16. The molecule has 0 aliphatic carbocycles. The van der Waals surface area contributed by atoms with Gasteiger partial charge >= 0.3 is 5.97 Å². The van der Waals surface area contributed by atoms with Crippen molar-refractivity contribution in [1.29, 1.82) is 0 Å². The Morgan fingerprint density at radius 1 is 0.781 bits per heavy atom. The quantitative estimate of drug-likeness (QED) is 0.148. The van der Waals surface area contributed by atoms with E-state index in [1.54, 1.807) is 48.2 Å². The Hall–Kier alpha value is -3.18. The largest absolute Gasteiger partial charge is 0.365 e. The standard InChI is InChI=1S/C25H23NO3S.C2H6/c1-2-3-14-23(26-29-25(28)20-10-6-4-7-11-20)24(27)19-15-17-22(18-16-19)30-21-12-8-5-9-13-21;1-2/h4-13,15-18H,2-3,14H2,1H3;1-2H3/b26-23-;. The fraction of sp³-hybridized carbons (Fsp3) is 0.222. The molecule has 3 rings (SSSR count). The summed E-state index contributed by atoms with van der Waals surface area (Å²) in [6.45, 7) is 6.04. The predicted octanol–water partition coefficient (Wildman–Crippen LogP) is 7.45. The van der Waals surface area contributed by atoms with Gasteiger partial charge in [0, 0.05) is 15.4 Å². The lowest BCUT2D eigenvalue weighted by Crippen LogP contribution is -2.16. The second-order valence-electron chi connectivity index (χ2n) is 6.65. The molecule has 0 amide bonds. The molecule has 0 saturated heterocycles. The third kappa shape index (κ3) is 7.82. The molecule has 0 spiro atoms. The topological polar surface area (TPSA) is 55.7 Å². The number of benzene rings is 3. The number of oxime groups is 1. The van der Waals surface area contributed by atoms with Crippen molar-refractivity contribution in [2.24, 2.45) is 5.16 Å². The van der Waals surface area contributed by atoms with Crippen LogP contribution < -0.4 is 0 Å². The summed E-state index contributed by atoms with van der Waals surface area (Å²) in [5, 5.41) is 3.92. The number of rotatable bonds is 9. The van der Waals surface area contributed by atoms with E-state index in [1.807, 2.05) is 69.3 Å². The molecule has 0 heterocycles. The zero-order valence-electron chi connectivity index (χ0n) is 18.8. The number of carbonyl (C=O) groups is 2. The van der Waals surface area contributed by atoms with Gasteiger partial charge in [-0.1, -0.05) is 80.5 Å². The number of Topliss-reactive ketones (excluding diaryl/α,β-unsaturated/α-hetero) is 1. The molecule has 3 aromatic rings. The Labute approximate surface area is 194 Å². The molecule has 4 nitrogen and oxygen atoms in total. The lowest BCUT2D eigenvalue weighted by atomic mass is 10.0. The van der Waals surface area contributed by atoms with Gasteiger partial charge in [0.1, 0.15) is 5.71 Å². The van der Waals surface area contributed by atoms with Crippen LogP contribution in [0.1, 0.15) is 60.7 Å². The van der Waals surface area contributed by atoms with Crippen LogP contribution in [0.15, 0.2) is 99.9 Å². The van der Waals surface area contributed by atoms with Crippen LogP contribution in [-0.4, -0.2) is 17.5 Å². The number of carbonyl (C=O) groups excluding carboxylic acids is 2. The van der Waals surface area contributed by atoms with Crippen LogP contribution in [-0.2, 0) is 4.84 Å². The molecule has 0 unspecified atom stereocenters. The number of nitrogens with zero attached hydrogens (tertiary/aromatic N) is 1. The summed E-state index contributed by atoms with van der Waals surface area (Å²) < 4.78 is 0. The third-order valence-electron chi connectivity index (χ3n) is 4.37. The van der Waals surface area contributed by atoms with Gasteiger partial charge in [-0.25, -0.2) is 4.79 Å². The molecule has 0 aliphatic heterocycles. The summed E-state index contributed by atoms with van der Waals surface area (Å²) >= 11 is 1.63. The first-order valence-electron chi connectivity index (χ1n) is 10.9. The second kappa shape index (κ2) is 14.0. The van der Waals surface area contributed by atoms with Crippen molar-refractivity contribution < 1.29 is 14.4 Å². The first-order valence-corrected chi connectivity index (χ1v) is 11.7. The van der Waals surface area contributed by atoms with Gasteiger partial charge in [-0.15, -0.1) is 0 Å². The van der Waals surface area contributed by atoms with Crippen molar-refractivity contribution >= 4 is 29.2 Å². The first-order chi connectivity index (χ1) is 15.7. The summed E-state index contributed by atoms with van der Waals surface area (Å²) in [6.07, 6.45) is 2.15. The van der Waals surface area contributed by atoms with Crippen molar-refractivity contribution in [3.63, 3.8) is 0 Å². The van der Waals surface area contributed by atoms with E-state index in [-0.39, 0.29) is 11.5 Å². The molecule has 0 N–H and O–H groups in total. The molecular weight excluding hydrogens is 418 g/mol. The summed E-state index contributed by atoms with van der Waals surface area (Å²) in [6, 6.07) is 26.1. The van der Waals surface area contributed by atoms with Gasteiger partial charge in [0.15, 0.2) is 0 Å².